The van der Waals surface area contributed by atoms with E-state index in [1.54, 1.807) is 6.08 Å². The number of hydrogen-bond donors (Lipinski definition) is 1. The predicted octanol–water partition coefficient (Wildman–Crippen LogP) is 3.34. The molecule has 0 fully saturated rings. The van der Waals surface area contributed by atoms with Crippen LogP contribution in [0.15, 0.2) is 54.6 Å². The second-order valence-corrected chi connectivity index (χ2v) is 4.49. The van der Waals surface area contributed by atoms with Crippen molar-refractivity contribution in [2.24, 2.45) is 0 Å². The van der Waals surface area contributed by atoms with Crippen molar-refractivity contribution >= 4 is 12.0 Å². The van der Waals surface area contributed by atoms with Crippen molar-refractivity contribution in [1.82, 2.24) is 5.32 Å². The van der Waals surface area contributed by atoms with Gasteiger partial charge in [-0.05, 0) is 30.2 Å². The molecule has 0 atom stereocenters. The third-order valence-electron chi connectivity index (χ3n) is 2.96. The molecule has 1 amide bonds. The lowest BCUT2D eigenvalue weighted by atomic mass is 10.1. The molecule has 2 nitrogen and oxygen atoms in total. The zero-order chi connectivity index (χ0) is 15.1. The zero-order valence-electron chi connectivity index (χ0n) is 11.4. The summed E-state index contributed by atoms with van der Waals surface area (Å²) in [6.07, 6.45) is 3.19. The largest absolute Gasteiger partial charge is 0.352 e. The Morgan fingerprint density at radius 1 is 1.00 bits per heavy atom. The van der Waals surface area contributed by atoms with Crippen molar-refractivity contribution in [2.45, 2.75) is 6.42 Å². The van der Waals surface area contributed by atoms with Gasteiger partial charge in [-0.2, -0.15) is 0 Å². The maximum absolute atomic E-state index is 13.4. The molecule has 2 rings (SSSR count). The van der Waals surface area contributed by atoms with Crippen LogP contribution in [0.3, 0.4) is 0 Å². The number of rotatable bonds is 5. The van der Waals surface area contributed by atoms with E-state index in [4.69, 9.17) is 0 Å². The first-order valence-electron chi connectivity index (χ1n) is 6.60. The molecule has 0 aliphatic heterocycles. The van der Waals surface area contributed by atoms with Crippen LogP contribution in [0.1, 0.15) is 11.1 Å². The van der Waals surface area contributed by atoms with E-state index in [9.17, 15) is 13.6 Å². The summed E-state index contributed by atoms with van der Waals surface area (Å²) < 4.78 is 26.8. The molecule has 4 heteroatoms. The fourth-order valence-corrected chi connectivity index (χ4v) is 1.88. The Balaban J connectivity index is 1.84. The van der Waals surface area contributed by atoms with Crippen LogP contribution in [0.4, 0.5) is 8.78 Å². The van der Waals surface area contributed by atoms with E-state index in [1.165, 1.54) is 24.3 Å². The molecule has 0 spiro atoms. The standard InChI is InChI=1S/C17H15F2NO/c18-15-7-4-8-16(19)14(15)11-12-20-17(21)10-9-13-5-2-1-3-6-13/h1-10H,11-12H2,(H,20,21)/b10-9+. The summed E-state index contributed by atoms with van der Waals surface area (Å²) in [6.45, 7) is 0.176. The summed E-state index contributed by atoms with van der Waals surface area (Å²) in [5, 5.41) is 2.60. The number of amides is 1. The molecule has 0 heterocycles. The lowest BCUT2D eigenvalue weighted by Gasteiger charge is -2.05. The van der Waals surface area contributed by atoms with Gasteiger partial charge < -0.3 is 5.32 Å². The van der Waals surface area contributed by atoms with Crippen LogP contribution in [0.2, 0.25) is 0 Å². The van der Waals surface area contributed by atoms with Crippen molar-refractivity contribution in [1.29, 1.82) is 0 Å². The van der Waals surface area contributed by atoms with Gasteiger partial charge in [0, 0.05) is 18.2 Å². The Morgan fingerprint density at radius 3 is 2.33 bits per heavy atom. The molecule has 0 unspecified atom stereocenters. The number of hydrogen-bond acceptors (Lipinski definition) is 1. The van der Waals surface area contributed by atoms with Gasteiger partial charge in [-0.3, -0.25) is 4.79 Å². The van der Waals surface area contributed by atoms with E-state index in [-0.39, 0.29) is 24.4 Å². The van der Waals surface area contributed by atoms with Crippen LogP contribution in [0.25, 0.3) is 6.08 Å². The molecule has 0 saturated heterocycles. The average Bonchev–Trinajstić information content (AvgIpc) is 2.49. The highest BCUT2D eigenvalue weighted by molar-refractivity contribution is 5.91. The van der Waals surface area contributed by atoms with Crippen LogP contribution >= 0.6 is 0 Å². The van der Waals surface area contributed by atoms with Gasteiger partial charge in [0.2, 0.25) is 5.91 Å². The highest BCUT2D eigenvalue weighted by Gasteiger charge is 2.07. The molecule has 0 aromatic heterocycles. The number of nitrogens with one attached hydrogen (secondary N) is 1. The Hall–Kier alpha value is -2.49. The lowest BCUT2D eigenvalue weighted by Crippen LogP contribution is -2.24. The summed E-state index contributed by atoms with van der Waals surface area (Å²) in [5.74, 6) is -1.48. The quantitative estimate of drug-likeness (QED) is 0.840. The van der Waals surface area contributed by atoms with E-state index in [1.807, 2.05) is 30.3 Å². The highest BCUT2D eigenvalue weighted by Crippen LogP contribution is 2.12. The first-order chi connectivity index (χ1) is 10.2. The van der Waals surface area contributed by atoms with Gasteiger partial charge in [0.1, 0.15) is 11.6 Å². The Labute approximate surface area is 122 Å². The SMILES string of the molecule is O=C(/C=C/c1ccccc1)NCCc1c(F)cccc1F. The Kier molecular flexibility index (Phi) is 5.21. The normalized spacial score (nSPS) is 10.8. The summed E-state index contributed by atoms with van der Waals surface area (Å²) in [6, 6.07) is 13.1. The summed E-state index contributed by atoms with van der Waals surface area (Å²) >= 11 is 0. The number of halogens is 2. The molecule has 0 saturated carbocycles. The second-order valence-electron chi connectivity index (χ2n) is 4.49. The van der Waals surface area contributed by atoms with Crippen LogP contribution < -0.4 is 5.32 Å². The van der Waals surface area contributed by atoms with Gasteiger partial charge in [0.05, 0.1) is 0 Å². The molecule has 21 heavy (non-hydrogen) atoms. The fraction of sp³-hybridized carbons (Fsp3) is 0.118. The van der Waals surface area contributed by atoms with Crippen LogP contribution in [0.5, 0.6) is 0 Å². The Bertz CT molecular complexity index is 618. The molecule has 0 aliphatic carbocycles. The van der Waals surface area contributed by atoms with Gasteiger partial charge in [-0.15, -0.1) is 0 Å². The molecule has 108 valence electrons. The molecule has 0 radical (unpaired) electrons. The summed E-state index contributed by atoms with van der Waals surface area (Å²) in [4.78, 5) is 11.6. The Morgan fingerprint density at radius 2 is 1.67 bits per heavy atom. The summed E-state index contributed by atoms with van der Waals surface area (Å²) in [5.41, 5.74) is 0.901. The van der Waals surface area contributed by atoms with Crippen molar-refractivity contribution in [3.8, 4) is 0 Å². The van der Waals surface area contributed by atoms with Crippen molar-refractivity contribution in [2.75, 3.05) is 6.54 Å². The van der Waals surface area contributed by atoms with Gasteiger partial charge in [0.15, 0.2) is 0 Å². The molecular weight excluding hydrogens is 272 g/mol. The molecule has 1 N–H and O–H groups in total. The van der Waals surface area contributed by atoms with E-state index >= 15 is 0 Å². The number of carbonyl (C=O) groups excluding carboxylic acids is 1. The first-order valence-corrected chi connectivity index (χ1v) is 6.60. The number of carbonyl (C=O) groups is 1. The minimum absolute atomic E-state index is 0.00941. The molecule has 0 aliphatic rings. The third kappa shape index (κ3) is 4.53. The summed E-state index contributed by atoms with van der Waals surface area (Å²) in [7, 11) is 0. The second kappa shape index (κ2) is 7.33. The average molecular weight is 287 g/mol. The van der Waals surface area contributed by atoms with Crippen molar-refractivity contribution < 1.29 is 13.6 Å². The van der Waals surface area contributed by atoms with Crippen molar-refractivity contribution in [3.05, 3.63) is 77.4 Å². The van der Waals surface area contributed by atoms with Gasteiger partial charge in [-0.25, -0.2) is 8.78 Å². The minimum Gasteiger partial charge on any atom is -0.352 e. The molecule has 0 bridgehead atoms. The minimum atomic E-state index is -0.593. The van der Waals surface area contributed by atoms with Gasteiger partial charge in [-0.1, -0.05) is 36.4 Å². The van der Waals surface area contributed by atoms with Gasteiger partial charge >= 0.3 is 0 Å². The van der Waals surface area contributed by atoms with Crippen LogP contribution in [0, 0.1) is 11.6 Å². The molecular formula is C17H15F2NO. The maximum Gasteiger partial charge on any atom is 0.244 e. The molecule has 2 aromatic rings. The van der Waals surface area contributed by atoms with Crippen LogP contribution in [-0.2, 0) is 11.2 Å². The van der Waals surface area contributed by atoms with E-state index < -0.39 is 11.6 Å². The maximum atomic E-state index is 13.4. The van der Waals surface area contributed by atoms with Crippen molar-refractivity contribution in [3.63, 3.8) is 0 Å². The lowest BCUT2D eigenvalue weighted by molar-refractivity contribution is -0.116. The van der Waals surface area contributed by atoms with E-state index in [0.29, 0.717) is 0 Å². The fourth-order valence-electron chi connectivity index (χ4n) is 1.88. The topological polar surface area (TPSA) is 29.1 Å². The van der Waals surface area contributed by atoms with E-state index in [2.05, 4.69) is 5.32 Å². The van der Waals surface area contributed by atoms with E-state index in [0.717, 1.165) is 5.56 Å². The first kappa shape index (κ1) is 14.9. The zero-order valence-corrected chi connectivity index (χ0v) is 11.4. The van der Waals surface area contributed by atoms with Crippen LogP contribution in [-0.4, -0.2) is 12.5 Å². The third-order valence-corrected chi connectivity index (χ3v) is 2.96. The smallest absolute Gasteiger partial charge is 0.244 e. The predicted molar refractivity (Wildman–Crippen MR) is 78.5 cm³/mol. The highest BCUT2D eigenvalue weighted by atomic mass is 19.1. The number of benzene rings is 2. The molecule has 2 aromatic carbocycles. The monoisotopic (exact) mass is 287 g/mol. The van der Waals surface area contributed by atoms with Gasteiger partial charge in [0.25, 0.3) is 0 Å².